The van der Waals surface area contributed by atoms with E-state index in [4.69, 9.17) is 14.2 Å². The molecule has 0 aliphatic carbocycles. The zero-order chi connectivity index (χ0) is 20.0. The number of rotatable bonds is 9. The first-order chi connectivity index (χ1) is 12.8. The number of methoxy groups -OCH3 is 2. The van der Waals surface area contributed by atoms with Crippen molar-refractivity contribution in [2.45, 2.75) is 11.8 Å². The predicted molar refractivity (Wildman–Crippen MR) is 99.3 cm³/mol. The summed E-state index contributed by atoms with van der Waals surface area (Å²) in [6.07, 6.45) is 0. The van der Waals surface area contributed by atoms with Gasteiger partial charge in [-0.2, -0.15) is 0 Å². The third kappa shape index (κ3) is 5.11. The highest BCUT2D eigenvalue weighted by atomic mass is 32.2. The number of ether oxygens (including phenoxy) is 3. The van der Waals surface area contributed by atoms with E-state index in [1.54, 1.807) is 12.1 Å². The summed E-state index contributed by atoms with van der Waals surface area (Å²) in [7, 11) is -1.11. The minimum Gasteiger partial charge on any atom is -0.493 e. The van der Waals surface area contributed by atoms with Crippen LogP contribution in [0.3, 0.4) is 0 Å². The van der Waals surface area contributed by atoms with Gasteiger partial charge < -0.3 is 19.3 Å². The average Bonchev–Trinajstić information content (AvgIpc) is 2.62. The molecule has 9 heteroatoms. The topological polar surface area (TPSA) is 111 Å². The van der Waals surface area contributed by atoms with Gasteiger partial charge in [-0.05, 0) is 19.1 Å². The second kappa shape index (κ2) is 8.74. The van der Waals surface area contributed by atoms with Gasteiger partial charge in [-0.1, -0.05) is 17.7 Å². The molecule has 2 rings (SSSR count). The molecule has 0 saturated carbocycles. The van der Waals surface area contributed by atoms with Crippen LogP contribution in [0.1, 0.15) is 15.9 Å². The van der Waals surface area contributed by atoms with Crippen LogP contribution in [-0.4, -0.2) is 46.9 Å². The van der Waals surface area contributed by atoms with Crippen molar-refractivity contribution >= 4 is 21.7 Å². The van der Waals surface area contributed by atoms with Crippen molar-refractivity contribution in [3.63, 3.8) is 0 Å². The summed E-state index contributed by atoms with van der Waals surface area (Å²) in [6, 6.07) is 8.68. The molecule has 0 unspecified atom stereocenters. The van der Waals surface area contributed by atoms with Crippen molar-refractivity contribution in [2.75, 3.05) is 32.2 Å². The Bertz CT molecular complexity index is 908. The Morgan fingerprint density at radius 3 is 2.30 bits per heavy atom. The van der Waals surface area contributed by atoms with Crippen molar-refractivity contribution in [2.24, 2.45) is 0 Å². The van der Waals surface area contributed by atoms with E-state index in [0.29, 0.717) is 6.61 Å². The third-order valence-electron chi connectivity index (χ3n) is 3.65. The number of carboxylic acid groups (broad SMARTS) is 1. The summed E-state index contributed by atoms with van der Waals surface area (Å²) in [5, 5.41) is 9.44. The SMILES string of the molecule is COCCOc1cc(NS(=O)(=O)c2ccc(C)cc2)c(C(=O)O)cc1OC. The Morgan fingerprint density at radius 1 is 1.07 bits per heavy atom. The highest BCUT2D eigenvalue weighted by molar-refractivity contribution is 7.92. The number of sulfonamides is 1. The lowest BCUT2D eigenvalue weighted by Gasteiger charge is -2.16. The Morgan fingerprint density at radius 2 is 1.74 bits per heavy atom. The predicted octanol–water partition coefficient (Wildman–Crippen LogP) is 2.53. The average molecular weight is 395 g/mol. The Hall–Kier alpha value is -2.78. The minimum atomic E-state index is -3.98. The maximum absolute atomic E-state index is 12.6. The van der Waals surface area contributed by atoms with E-state index in [1.165, 1.54) is 38.5 Å². The highest BCUT2D eigenvalue weighted by Crippen LogP contribution is 2.34. The first-order valence-electron chi connectivity index (χ1n) is 7.95. The van der Waals surface area contributed by atoms with E-state index >= 15 is 0 Å². The van der Waals surface area contributed by atoms with E-state index in [1.807, 2.05) is 6.92 Å². The molecule has 0 radical (unpaired) electrons. The van der Waals surface area contributed by atoms with Gasteiger partial charge >= 0.3 is 5.97 Å². The summed E-state index contributed by atoms with van der Waals surface area (Å²) in [6.45, 7) is 2.32. The van der Waals surface area contributed by atoms with Crippen LogP contribution in [0.2, 0.25) is 0 Å². The van der Waals surface area contributed by atoms with Crippen LogP contribution in [0.15, 0.2) is 41.3 Å². The molecule has 0 bridgehead atoms. The van der Waals surface area contributed by atoms with Crippen LogP contribution in [0.4, 0.5) is 5.69 Å². The van der Waals surface area contributed by atoms with Crippen LogP contribution in [0.25, 0.3) is 0 Å². The fourth-order valence-electron chi connectivity index (χ4n) is 2.25. The zero-order valence-electron chi connectivity index (χ0n) is 15.2. The second-order valence-electron chi connectivity index (χ2n) is 5.61. The molecule has 0 aliphatic heterocycles. The van der Waals surface area contributed by atoms with E-state index in [0.717, 1.165) is 5.56 Å². The van der Waals surface area contributed by atoms with Crippen molar-refractivity contribution in [3.8, 4) is 11.5 Å². The Labute approximate surface area is 157 Å². The molecular weight excluding hydrogens is 374 g/mol. The molecule has 2 aromatic carbocycles. The van der Waals surface area contributed by atoms with Crippen LogP contribution >= 0.6 is 0 Å². The molecule has 0 aromatic heterocycles. The van der Waals surface area contributed by atoms with Gasteiger partial charge in [-0.3, -0.25) is 4.72 Å². The lowest BCUT2D eigenvalue weighted by molar-refractivity contribution is 0.0697. The molecule has 0 fully saturated rings. The van der Waals surface area contributed by atoms with E-state index in [9.17, 15) is 18.3 Å². The lowest BCUT2D eigenvalue weighted by atomic mass is 10.1. The van der Waals surface area contributed by atoms with Gasteiger partial charge in [0.25, 0.3) is 10.0 Å². The molecule has 2 N–H and O–H groups in total. The molecular formula is C18H21NO7S. The monoisotopic (exact) mass is 395 g/mol. The molecule has 0 atom stereocenters. The summed E-state index contributed by atoms with van der Waals surface area (Å²) < 4.78 is 43.1. The van der Waals surface area contributed by atoms with Crippen molar-refractivity contribution in [1.29, 1.82) is 0 Å². The first kappa shape index (κ1) is 20.5. The molecule has 0 aliphatic rings. The third-order valence-corrected chi connectivity index (χ3v) is 5.04. The normalized spacial score (nSPS) is 11.1. The summed E-state index contributed by atoms with van der Waals surface area (Å²) in [5.41, 5.74) is 0.511. The molecule has 2 aromatic rings. The Kier molecular flexibility index (Phi) is 6.65. The van der Waals surface area contributed by atoms with Crippen LogP contribution in [0, 0.1) is 6.92 Å². The second-order valence-corrected chi connectivity index (χ2v) is 7.30. The smallest absolute Gasteiger partial charge is 0.337 e. The van der Waals surface area contributed by atoms with Crippen molar-refractivity contribution in [3.05, 3.63) is 47.5 Å². The number of carbonyl (C=O) groups is 1. The standard InChI is InChI=1S/C18H21NO7S/c1-12-4-6-13(7-5-12)27(22,23)19-15-11-17(26-9-8-24-2)16(25-3)10-14(15)18(20)21/h4-7,10-11,19H,8-9H2,1-3H3,(H,20,21). The van der Waals surface area contributed by atoms with Gasteiger partial charge in [0.05, 0.1) is 29.9 Å². The molecule has 0 heterocycles. The number of nitrogens with one attached hydrogen (secondary N) is 1. The fourth-order valence-corrected chi connectivity index (χ4v) is 3.32. The number of anilines is 1. The zero-order valence-corrected chi connectivity index (χ0v) is 16.0. The maximum atomic E-state index is 12.6. The molecule has 27 heavy (non-hydrogen) atoms. The minimum absolute atomic E-state index is 0.0158. The number of hydrogen-bond donors (Lipinski definition) is 2. The number of aryl methyl sites for hydroxylation is 1. The van der Waals surface area contributed by atoms with Gasteiger partial charge in [0, 0.05) is 19.2 Å². The largest absolute Gasteiger partial charge is 0.493 e. The lowest BCUT2D eigenvalue weighted by Crippen LogP contribution is -2.16. The quantitative estimate of drug-likeness (QED) is 0.628. The molecule has 146 valence electrons. The number of hydrogen-bond acceptors (Lipinski definition) is 6. The molecule has 0 amide bonds. The van der Waals surface area contributed by atoms with E-state index in [2.05, 4.69) is 4.72 Å². The summed E-state index contributed by atoms with van der Waals surface area (Å²) in [5.74, 6) is -0.943. The maximum Gasteiger partial charge on any atom is 0.337 e. The number of aromatic carboxylic acids is 1. The van der Waals surface area contributed by atoms with Crippen molar-refractivity contribution in [1.82, 2.24) is 0 Å². The number of carboxylic acids is 1. The van der Waals surface area contributed by atoms with Gasteiger partial charge in [0.1, 0.15) is 6.61 Å². The van der Waals surface area contributed by atoms with Gasteiger partial charge in [0.2, 0.25) is 0 Å². The highest BCUT2D eigenvalue weighted by Gasteiger charge is 2.22. The molecule has 8 nitrogen and oxygen atoms in total. The summed E-state index contributed by atoms with van der Waals surface area (Å²) in [4.78, 5) is 11.6. The van der Waals surface area contributed by atoms with Crippen molar-refractivity contribution < 1.29 is 32.5 Å². The first-order valence-corrected chi connectivity index (χ1v) is 9.43. The Balaban J connectivity index is 2.44. The van der Waals surface area contributed by atoms with Crippen LogP contribution < -0.4 is 14.2 Å². The van der Waals surface area contributed by atoms with Gasteiger partial charge in [0.15, 0.2) is 11.5 Å². The molecule has 0 spiro atoms. The van der Waals surface area contributed by atoms with Crippen LogP contribution in [0.5, 0.6) is 11.5 Å². The van der Waals surface area contributed by atoms with E-state index in [-0.39, 0.29) is 34.3 Å². The van der Waals surface area contributed by atoms with Gasteiger partial charge in [-0.15, -0.1) is 0 Å². The number of benzene rings is 2. The summed E-state index contributed by atoms with van der Waals surface area (Å²) >= 11 is 0. The fraction of sp³-hybridized carbons (Fsp3) is 0.278. The van der Waals surface area contributed by atoms with E-state index < -0.39 is 16.0 Å². The van der Waals surface area contributed by atoms with Gasteiger partial charge in [-0.25, -0.2) is 13.2 Å². The molecule has 0 saturated heterocycles. The van der Waals surface area contributed by atoms with Crippen LogP contribution in [-0.2, 0) is 14.8 Å².